The molecule has 0 atom stereocenters. The Bertz CT molecular complexity index is 231. The van der Waals surface area contributed by atoms with Crippen molar-refractivity contribution in [3.8, 4) is 0 Å². The second-order valence-electron chi connectivity index (χ2n) is 0.816. The molecule has 130 valence electrons. The summed E-state index contributed by atoms with van der Waals surface area (Å²) < 4.78 is 55.2. The van der Waals surface area contributed by atoms with Gasteiger partial charge in [-0.15, -0.1) is 0 Å². The first-order chi connectivity index (χ1) is 3.25. The van der Waals surface area contributed by atoms with Gasteiger partial charge in [0.05, 0.1) is 0 Å². The monoisotopic (exact) mass is 386 g/mol. The van der Waals surface area contributed by atoms with Gasteiger partial charge < -0.3 is 63.9 Å². The standard InChI is InChI=1S/2Na.H2O6S2.10H2O/c;;1-7(2,3)8(4,5)6;;;;;;;;;;/h;;(H,1,2,3)(H,4,5,6);10*1H2/q2*+1;;;;;;;;;;;/p-2. The van der Waals surface area contributed by atoms with Crippen molar-refractivity contribution in [2.75, 3.05) is 0 Å². The van der Waals surface area contributed by atoms with Gasteiger partial charge in [0, 0.05) is 0 Å². The summed E-state index contributed by atoms with van der Waals surface area (Å²) >= 11 is 0. The molecule has 0 fully saturated rings. The van der Waals surface area contributed by atoms with Crippen molar-refractivity contribution in [3.05, 3.63) is 0 Å². The molecule has 0 unspecified atom stereocenters. The number of rotatable bonds is 1. The maximum absolute atomic E-state index is 9.20. The van der Waals surface area contributed by atoms with Gasteiger partial charge in [0.25, 0.3) is 0 Å². The van der Waals surface area contributed by atoms with Crippen molar-refractivity contribution in [3.63, 3.8) is 0 Å². The second kappa shape index (κ2) is 42.8. The Labute approximate surface area is 157 Å². The zero-order valence-electron chi connectivity index (χ0n) is 10.3. The van der Waals surface area contributed by atoms with E-state index in [9.17, 15) is 25.9 Å². The molecule has 0 rings (SSSR count). The van der Waals surface area contributed by atoms with Gasteiger partial charge in [0.1, 0.15) is 0 Å². The van der Waals surface area contributed by atoms with Gasteiger partial charge in [-0.1, -0.05) is 0 Å². The van der Waals surface area contributed by atoms with Crippen LogP contribution in [0.3, 0.4) is 0 Å². The molecule has 0 spiro atoms. The van der Waals surface area contributed by atoms with Crippen LogP contribution >= 0.6 is 0 Å². The van der Waals surface area contributed by atoms with Gasteiger partial charge >= 0.3 is 59.1 Å². The van der Waals surface area contributed by atoms with Crippen molar-refractivity contribution >= 4 is 18.3 Å². The van der Waals surface area contributed by atoms with Crippen LogP contribution in [0.4, 0.5) is 0 Å². The molecule has 20 heteroatoms. The first-order valence-corrected chi connectivity index (χ1v) is 4.50. The van der Waals surface area contributed by atoms with Crippen LogP contribution in [0.2, 0.25) is 0 Å². The van der Waals surface area contributed by atoms with E-state index in [-0.39, 0.29) is 114 Å². The Kier molecular flexibility index (Phi) is 269. The molecule has 0 aliphatic heterocycles. The summed E-state index contributed by atoms with van der Waals surface area (Å²) in [5, 5.41) is 0. The zero-order chi connectivity index (χ0) is 7.00. The van der Waals surface area contributed by atoms with E-state index in [0.29, 0.717) is 0 Å². The van der Waals surface area contributed by atoms with Crippen LogP contribution in [0, 0.1) is 0 Å². The van der Waals surface area contributed by atoms with Gasteiger partial charge in [-0.2, -0.15) is 0 Å². The minimum Gasteiger partial charge on any atom is -0.736 e. The van der Waals surface area contributed by atoms with Crippen molar-refractivity contribution in [2.45, 2.75) is 0 Å². The normalized spacial score (nSPS) is 5.50. The third-order valence-electron chi connectivity index (χ3n) is 0.250. The van der Waals surface area contributed by atoms with Crippen molar-refractivity contribution < 1.29 is 140 Å². The molecule has 20 heavy (non-hydrogen) atoms. The summed E-state index contributed by atoms with van der Waals surface area (Å²) in [6, 6.07) is 0. The van der Waals surface area contributed by atoms with E-state index >= 15 is 0 Å². The Morgan fingerprint density at radius 1 is 0.400 bits per heavy atom. The second-order valence-corrected chi connectivity index (χ2v) is 4.90. The molecule has 0 saturated carbocycles. The first kappa shape index (κ1) is 126. The van der Waals surface area contributed by atoms with Gasteiger partial charge in [-0.05, 0) is 0 Å². The molecular weight excluding hydrogens is 366 g/mol. The van der Waals surface area contributed by atoms with Gasteiger partial charge in [0.15, 0.2) is 18.3 Å². The van der Waals surface area contributed by atoms with E-state index in [1.807, 2.05) is 0 Å². The SMILES string of the molecule is O.O.O.O.O.O.O.O.O.O.O=S(=O)([O-])S(=O)(=O)[O-].[Na+].[Na+]. The van der Waals surface area contributed by atoms with E-state index in [4.69, 9.17) is 0 Å². The van der Waals surface area contributed by atoms with E-state index < -0.39 is 18.3 Å². The molecule has 0 heterocycles. The maximum Gasteiger partial charge on any atom is 1.00 e. The van der Waals surface area contributed by atoms with Crippen LogP contribution < -0.4 is 59.1 Å². The molecule has 0 saturated heterocycles. The van der Waals surface area contributed by atoms with Crippen LogP contribution in [0.5, 0.6) is 0 Å². The molecular formula is H20Na2O16S2. The summed E-state index contributed by atoms with van der Waals surface area (Å²) in [6.45, 7) is 0. The minimum atomic E-state index is -5.67. The van der Waals surface area contributed by atoms with Gasteiger partial charge in [-0.3, -0.25) is 0 Å². The van der Waals surface area contributed by atoms with Crippen LogP contribution in [0.1, 0.15) is 0 Å². The zero-order valence-corrected chi connectivity index (χ0v) is 15.9. The molecule has 20 N–H and O–H groups in total. The molecule has 0 aromatic rings. The molecule has 16 nitrogen and oxygen atoms in total. The van der Waals surface area contributed by atoms with Gasteiger partial charge in [0.2, 0.25) is 0 Å². The summed E-state index contributed by atoms with van der Waals surface area (Å²) in [4.78, 5) is 0. The summed E-state index contributed by atoms with van der Waals surface area (Å²) in [5.74, 6) is 0. The Morgan fingerprint density at radius 2 is 0.450 bits per heavy atom. The minimum absolute atomic E-state index is 0. The average Bonchev–Trinajstić information content (AvgIpc) is 1.25. The number of hydrogen-bond acceptors (Lipinski definition) is 6. The third kappa shape index (κ3) is 60.7. The summed E-state index contributed by atoms with van der Waals surface area (Å²) in [6.07, 6.45) is 0. The first-order valence-electron chi connectivity index (χ1n) is 1.17. The largest absolute Gasteiger partial charge is 1.00 e. The molecule has 0 radical (unpaired) electrons. The van der Waals surface area contributed by atoms with E-state index in [1.54, 1.807) is 0 Å². The topological polar surface area (TPSA) is 429 Å². The summed E-state index contributed by atoms with van der Waals surface area (Å²) in [5.41, 5.74) is 0. The van der Waals surface area contributed by atoms with Crippen molar-refractivity contribution in [1.29, 1.82) is 0 Å². The molecule has 0 amide bonds. The third-order valence-corrected chi connectivity index (χ3v) is 2.25. The van der Waals surface area contributed by atoms with E-state index in [1.165, 1.54) is 0 Å². The molecule has 0 aromatic heterocycles. The molecule has 0 aliphatic rings. The smallest absolute Gasteiger partial charge is 0.736 e. The number of hydrogen-bond donors (Lipinski definition) is 0. The van der Waals surface area contributed by atoms with Crippen LogP contribution in [0.25, 0.3) is 0 Å². The molecule has 0 aromatic carbocycles. The van der Waals surface area contributed by atoms with Crippen molar-refractivity contribution in [2.24, 2.45) is 0 Å². The summed E-state index contributed by atoms with van der Waals surface area (Å²) in [7, 11) is -11.3. The fraction of sp³-hybridized carbons (Fsp3) is 0. The van der Waals surface area contributed by atoms with Crippen LogP contribution in [-0.2, 0) is 18.3 Å². The molecule has 0 bridgehead atoms. The molecule has 0 aliphatic carbocycles. The van der Waals surface area contributed by atoms with E-state index in [2.05, 4.69) is 0 Å². The maximum atomic E-state index is 9.20. The fourth-order valence-corrected chi connectivity index (χ4v) is 0. The quantitative estimate of drug-likeness (QED) is 0.238. The van der Waals surface area contributed by atoms with E-state index in [0.717, 1.165) is 0 Å². The average molecular weight is 386 g/mol. The predicted octanol–water partition coefficient (Wildman–Crippen LogP) is -16.2. The Morgan fingerprint density at radius 3 is 0.450 bits per heavy atom. The predicted molar refractivity (Wildman–Crippen MR) is 55.5 cm³/mol. The van der Waals surface area contributed by atoms with Crippen LogP contribution in [-0.4, -0.2) is 80.7 Å². The Hall–Kier alpha value is 1.42. The van der Waals surface area contributed by atoms with Crippen LogP contribution in [0.15, 0.2) is 0 Å². The van der Waals surface area contributed by atoms with Crippen molar-refractivity contribution in [1.82, 2.24) is 0 Å². The fourth-order valence-electron chi connectivity index (χ4n) is 0. The van der Waals surface area contributed by atoms with Gasteiger partial charge in [-0.25, -0.2) is 16.8 Å². The Balaban J connectivity index is -0.00000000371.